The van der Waals surface area contributed by atoms with E-state index in [0.29, 0.717) is 38.2 Å². The standard InChI is InChI=1S/C15H22FN3O2S2/c1-10-18-12(8-23-10)7-19-6-11(16)4-13(19)5-17-14(20)15(21)2-3-22-9-15/h8,11,13,21H,2-7,9H2,1H3,(H,17,20)/t11-,13-,15-/m0/s1. The highest BCUT2D eigenvalue weighted by Gasteiger charge is 2.40. The van der Waals surface area contributed by atoms with E-state index in [9.17, 15) is 14.3 Å². The van der Waals surface area contributed by atoms with Gasteiger partial charge in [0.05, 0.1) is 10.7 Å². The molecule has 2 aliphatic heterocycles. The molecule has 1 aromatic heterocycles. The second kappa shape index (κ2) is 7.04. The summed E-state index contributed by atoms with van der Waals surface area (Å²) in [5.74, 6) is 0.918. The minimum Gasteiger partial charge on any atom is -0.379 e. The lowest BCUT2D eigenvalue weighted by molar-refractivity contribution is -0.137. The zero-order chi connectivity index (χ0) is 16.4. The maximum Gasteiger partial charge on any atom is 0.252 e. The number of rotatable bonds is 5. The quantitative estimate of drug-likeness (QED) is 0.831. The van der Waals surface area contributed by atoms with Gasteiger partial charge in [-0.05, 0) is 25.5 Å². The summed E-state index contributed by atoms with van der Waals surface area (Å²) in [6.07, 6.45) is 0.0277. The summed E-state index contributed by atoms with van der Waals surface area (Å²) in [6.45, 7) is 3.30. The van der Waals surface area contributed by atoms with Crippen LogP contribution in [0.4, 0.5) is 4.39 Å². The Morgan fingerprint density at radius 1 is 1.65 bits per heavy atom. The Bertz CT molecular complexity index is 563. The maximum atomic E-state index is 13.8. The largest absolute Gasteiger partial charge is 0.379 e. The molecule has 8 heteroatoms. The van der Waals surface area contributed by atoms with Gasteiger partial charge in [0, 0.05) is 36.8 Å². The Kier molecular flexibility index (Phi) is 5.25. The second-order valence-electron chi connectivity index (χ2n) is 6.32. The van der Waals surface area contributed by atoms with Gasteiger partial charge in [0.1, 0.15) is 6.17 Å². The molecule has 2 saturated heterocycles. The van der Waals surface area contributed by atoms with E-state index in [2.05, 4.69) is 10.3 Å². The van der Waals surface area contributed by atoms with E-state index in [-0.39, 0.29) is 11.9 Å². The fraction of sp³-hybridized carbons (Fsp3) is 0.733. The first kappa shape index (κ1) is 17.1. The fourth-order valence-corrected chi connectivity index (χ4v) is 4.97. The summed E-state index contributed by atoms with van der Waals surface area (Å²) < 4.78 is 13.8. The number of hydrogen-bond acceptors (Lipinski definition) is 6. The van der Waals surface area contributed by atoms with Crippen molar-refractivity contribution in [3.8, 4) is 0 Å². The lowest BCUT2D eigenvalue weighted by atomic mass is 10.0. The van der Waals surface area contributed by atoms with Gasteiger partial charge in [0.25, 0.3) is 5.91 Å². The zero-order valence-corrected chi connectivity index (χ0v) is 14.8. The van der Waals surface area contributed by atoms with Gasteiger partial charge in [0.2, 0.25) is 0 Å². The molecule has 2 aliphatic rings. The van der Waals surface area contributed by atoms with Crippen LogP contribution in [0.15, 0.2) is 5.38 Å². The van der Waals surface area contributed by atoms with E-state index in [1.807, 2.05) is 17.2 Å². The molecule has 0 spiro atoms. The van der Waals surface area contributed by atoms with Crippen LogP contribution in [-0.2, 0) is 11.3 Å². The number of likely N-dealkylation sites (tertiary alicyclic amines) is 1. The third-order valence-corrected chi connectivity index (χ3v) is 6.43. The molecule has 2 N–H and O–H groups in total. The van der Waals surface area contributed by atoms with Crippen molar-refractivity contribution >= 4 is 29.0 Å². The number of thioether (sulfide) groups is 1. The third-order valence-electron chi connectivity index (χ3n) is 4.43. The molecular formula is C15H22FN3O2S2. The lowest BCUT2D eigenvalue weighted by Crippen LogP contribution is -2.50. The molecular weight excluding hydrogens is 337 g/mol. The van der Waals surface area contributed by atoms with Crippen LogP contribution in [0.1, 0.15) is 23.5 Å². The molecule has 2 fully saturated rings. The van der Waals surface area contributed by atoms with Gasteiger partial charge in [0.15, 0.2) is 5.60 Å². The van der Waals surface area contributed by atoms with E-state index in [4.69, 9.17) is 0 Å². The second-order valence-corrected chi connectivity index (χ2v) is 8.49. The molecule has 5 nitrogen and oxygen atoms in total. The zero-order valence-electron chi connectivity index (χ0n) is 13.1. The van der Waals surface area contributed by atoms with Crippen LogP contribution in [0.5, 0.6) is 0 Å². The first-order valence-corrected chi connectivity index (χ1v) is 9.87. The van der Waals surface area contributed by atoms with Crippen LogP contribution in [0.3, 0.4) is 0 Å². The van der Waals surface area contributed by atoms with Gasteiger partial charge < -0.3 is 10.4 Å². The predicted molar refractivity (Wildman–Crippen MR) is 90.5 cm³/mol. The average Bonchev–Trinajstić information content (AvgIpc) is 3.19. The van der Waals surface area contributed by atoms with Crippen molar-refractivity contribution < 1.29 is 14.3 Å². The molecule has 3 heterocycles. The summed E-state index contributed by atoms with van der Waals surface area (Å²) in [4.78, 5) is 18.6. The van der Waals surface area contributed by atoms with Gasteiger partial charge in [-0.3, -0.25) is 9.69 Å². The van der Waals surface area contributed by atoms with Crippen LogP contribution >= 0.6 is 23.1 Å². The normalized spacial score (nSPS) is 31.6. The topological polar surface area (TPSA) is 65.5 Å². The fourth-order valence-electron chi connectivity index (χ4n) is 3.13. The highest BCUT2D eigenvalue weighted by Crippen LogP contribution is 2.28. The predicted octanol–water partition coefficient (Wildman–Crippen LogP) is 1.35. The van der Waals surface area contributed by atoms with Crippen molar-refractivity contribution in [2.75, 3.05) is 24.6 Å². The first-order chi connectivity index (χ1) is 11.0. The number of carbonyl (C=O) groups excluding carboxylic acids is 1. The molecule has 0 aliphatic carbocycles. The Hall–Kier alpha value is -0.700. The molecule has 3 atom stereocenters. The number of nitrogens with zero attached hydrogens (tertiary/aromatic N) is 2. The Balaban J connectivity index is 1.56. The van der Waals surface area contributed by atoms with Crippen LogP contribution in [-0.4, -0.2) is 63.3 Å². The van der Waals surface area contributed by atoms with E-state index in [1.54, 1.807) is 23.1 Å². The number of halogens is 1. The number of thiazole rings is 1. The molecule has 0 aromatic carbocycles. The Morgan fingerprint density at radius 3 is 3.13 bits per heavy atom. The van der Waals surface area contributed by atoms with Crippen molar-refractivity contribution in [1.29, 1.82) is 0 Å². The number of hydrogen-bond donors (Lipinski definition) is 2. The van der Waals surface area contributed by atoms with Crippen LogP contribution < -0.4 is 5.32 Å². The van der Waals surface area contributed by atoms with Crippen LogP contribution in [0.25, 0.3) is 0 Å². The highest BCUT2D eigenvalue weighted by atomic mass is 32.2. The van der Waals surface area contributed by atoms with E-state index in [1.165, 1.54) is 0 Å². The number of aliphatic hydroxyl groups is 1. The van der Waals surface area contributed by atoms with E-state index < -0.39 is 11.8 Å². The SMILES string of the molecule is Cc1nc(CN2C[C@@H](F)C[C@H]2CNC(=O)[C@]2(O)CCSC2)cs1. The van der Waals surface area contributed by atoms with E-state index >= 15 is 0 Å². The van der Waals surface area contributed by atoms with Gasteiger partial charge in [-0.2, -0.15) is 11.8 Å². The van der Waals surface area contributed by atoms with Gasteiger partial charge in [-0.25, -0.2) is 9.37 Å². The summed E-state index contributed by atoms with van der Waals surface area (Å²) in [5, 5.41) is 16.1. The first-order valence-electron chi connectivity index (χ1n) is 7.84. The van der Waals surface area contributed by atoms with E-state index in [0.717, 1.165) is 16.5 Å². The van der Waals surface area contributed by atoms with Crippen molar-refractivity contribution in [3.63, 3.8) is 0 Å². The molecule has 128 valence electrons. The molecule has 0 radical (unpaired) electrons. The van der Waals surface area contributed by atoms with Crippen LogP contribution in [0.2, 0.25) is 0 Å². The van der Waals surface area contributed by atoms with Crippen molar-refractivity contribution in [2.45, 2.75) is 44.1 Å². The molecule has 23 heavy (non-hydrogen) atoms. The minimum absolute atomic E-state index is 0.0476. The smallest absolute Gasteiger partial charge is 0.252 e. The lowest BCUT2D eigenvalue weighted by Gasteiger charge is -2.26. The number of aryl methyl sites for hydroxylation is 1. The number of aromatic nitrogens is 1. The highest BCUT2D eigenvalue weighted by molar-refractivity contribution is 7.99. The number of carbonyl (C=O) groups is 1. The summed E-state index contributed by atoms with van der Waals surface area (Å²) >= 11 is 3.17. The molecule has 3 rings (SSSR count). The van der Waals surface area contributed by atoms with Gasteiger partial charge in [-0.1, -0.05) is 0 Å². The minimum atomic E-state index is -1.25. The Morgan fingerprint density at radius 2 is 2.48 bits per heavy atom. The molecule has 0 bridgehead atoms. The molecule has 0 saturated carbocycles. The molecule has 0 unspecified atom stereocenters. The summed E-state index contributed by atoms with van der Waals surface area (Å²) in [6, 6.07) is -0.0476. The van der Waals surface area contributed by atoms with Gasteiger partial charge in [-0.15, -0.1) is 11.3 Å². The third kappa shape index (κ3) is 4.04. The van der Waals surface area contributed by atoms with Crippen LogP contribution in [0, 0.1) is 6.92 Å². The monoisotopic (exact) mass is 359 g/mol. The molecule has 1 amide bonds. The van der Waals surface area contributed by atoms with Crippen molar-refractivity contribution in [3.05, 3.63) is 16.1 Å². The van der Waals surface area contributed by atoms with Crippen molar-refractivity contribution in [2.24, 2.45) is 0 Å². The van der Waals surface area contributed by atoms with Crippen molar-refractivity contribution in [1.82, 2.24) is 15.2 Å². The number of nitrogens with one attached hydrogen (secondary N) is 1. The number of amides is 1. The Labute approximate surface area is 143 Å². The summed E-state index contributed by atoms with van der Waals surface area (Å²) in [5.41, 5.74) is -0.307. The molecule has 1 aromatic rings. The number of alkyl halides is 1. The summed E-state index contributed by atoms with van der Waals surface area (Å²) in [7, 11) is 0. The van der Waals surface area contributed by atoms with Gasteiger partial charge >= 0.3 is 0 Å². The average molecular weight is 359 g/mol. The maximum absolute atomic E-state index is 13.8.